The fourth-order valence-electron chi connectivity index (χ4n) is 7.62. The number of hydrogen-bond acceptors (Lipinski definition) is 3. The molecule has 0 aliphatic carbocycles. The zero-order chi connectivity index (χ0) is 33.9. The van der Waals surface area contributed by atoms with Gasteiger partial charge in [0.05, 0.1) is 11.6 Å². The third-order valence-corrected chi connectivity index (χ3v) is 10.1. The summed E-state index contributed by atoms with van der Waals surface area (Å²) in [6, 6.07) is 61.6. The topological polar surface area (TPSA) is 49.8 Å². The lowest BCUT2D eigenvalue weighted by Crippen LogP contribution is -1.88. The van der Waals surface area contributed by atoms with Crippen molar-refractivity contribution in [3.05, 3.63) is 175 Å². The summed E-state index contributed by atoms with van der Waals surface area (Å²) >= 11 is 0. The number of benzene rings is 9. The Hall–Kier alpha value is -7.02. The van der Waals surface area contributed by atoms with Crippen molar-refractivity contribution in [1.82, 2.24) is 4.98 Å². The molecule has 0 fully saturated rings. The van der Waals surface area contributed by atoms with Gasteiger partial charge >= 0.3 is 0 Å². The molecule has 0 radical (unpaired) electrons. The van der Waals surface area contributed by atoms with Crippen molar-refractivity contribution in [3.8, 4) is 50.9 Å². The maximum Gasteiger partial charge on any atom is 0.227 e. The Labute approximate surface area is 294 Å². The molecule has 1 heterocycles. The minimum absolute atomic E-state index is 0.572. The minimum atomic E-state index is 0.572. The van der Waals surface area contributed by atoms with Gasteiger partial charge in [-0.15, -0.1) is 0 Å². The van der Waals surface area contributed by atoms with Crippen LogP contribution in [0.1, 0.15) is 5.56 Å². The zero-order valence-corrected chi connectivity index (χ0v) is 27.5. The summed E-state index contributed by atoms with van der Waals surface area (Å²) in [5.41, 5.74) is 9.51. The molecule has 0 unspecified atom stereocenters. The average molecular weight is 649 g/mol. The van der Waals surface area contributed by atoms with E-state index in [0.717, 1.165) is 44.3 Å². The average Bonchev–Trinajstić information content (AvgIpc) is 3.65. The van der Waals surface area contributed by atoms with Crippen molar-refractivity contribution in [2.45, 2.75) is 0 Å². The van der Waals surface area contributed by atoms with Gasteiger partial charge in [0, 0.05) is 11.1 Å². The van der Waals surface area contributed by atoms with Gasteiger partial charge in [-0.3, -0.25) is 0 Å². The number of nitriles is 1. The standard InChI is InChI=1S/C48H28N2O/c49-29-30-17-19-31(20-18-30)36-27-45(44-26-35-10-2-4-12-38(35)40-14-6-8-16-42(40)44)47-46(28-36)51-48(50-47)33-23-21-32(22-24-33)43-25-34-9-1-3-11-37(34)39-13-5-7-15-41(39)43/h1-28H. The number of nitrogens with zero attached hydrogens (tertiary/aromatic N) is 2. The van der Waals surface area contributed by atoms with Gasteiger partial charge in [0.15, 0.2) is 5.58 Å². The lowest BCUT2D eigenvalue weighted by Gasteiger charge is -2.13. The third-order valence-electron chi connectivity index (χ3n) is 10.1. The normalized spacial score (nSPS) is 11.5. The number of rotatable bonds is 4. The van der Waals surface area contributed by atoms with Gasteiger partial charge in [-0.05, 0) is 119 Å². The van der Waals surface area contributed by atoms with Crippen molar-refractivity contribution in [2.24, 2.45) is 0 Å². The first-order valence-corrected chi connectivity index (χ1v) is 17.1. The molecule has 0 amide bonds. The van der Waals surface area contributed by atoms with Crippen LogP contribution in [0.4, 0.5) is 0 Å². The lowest BCUT2D eigenvalue weighted by atomic mass is 9.91. The first-order valence-electron chi connectivity index (χ1n) is 17.1. The van der Waals surface area contributed by atoms with Crippen LogP contribution in [0.15, 0.2) is 174 Å². The van der Waals surface area contributed by atoms with Crippen LogP contribution < -0.4 is 0 Å². The molecule has 0 aliphatic heterocycles. The van der Waals surface area contributed by atoms with E-state index in [0.29, 0.717) is 17.0 Å². The molecule has 0 aliphatic rings. The van der Waals surface area contributed by atoms with E-state index in [-0.39, 0.29) is 0 Å². The maximum absolute atomic E-state index is 9.43. The van der Waals surface area contributed by atoms with Crippen LogP contribution in [0.25, 0.3) is 99.0 Å². The van der Waals surface area contributed by atoms with Crippen molar-refractivity contribution in [2.75, 3.05) is 0 Å². The quantitative estimate of drug-likeness (QED) is 0.178. The Balaban J connectivity index is 1.15. The lowest BCUT2D eigenvalue weighted by molar-refractivity contribution is 0.620. The Morgan fingerprint density at radius 1 is 0.412 bits per heavy atom. The fourth-order valence-corrected chi connectivity index (χ4v) is 7.62. The smallest absolute Gasteiger partial charge is 0.227 e. The molecule has 10 aromatic rings. The highest BCUT2D eigenvalue weighted by Gasteiger charge is 2.19. The second kappa shape index (κ2) is 11.6. The number of fused-ring (bicyclic) bond motifs is 7. The van der Waals surface area contributed by atoms with Crippen LogP contribution in [0.2, 0.25) is 0 Å². The van der Waals surface area contributed by atoms with Gasteiger partial charge in [-0.2, -0.15) is 5.26 Å². The molecule has 0 spiro atoms. The molecule has 0 bridgehead atoms. The predicted molar refractivity (Wildman–Crippen MR) is 210 cm³/mol. The van der Waals surface area contributed by atoms with Gasteiger partial charge in [0.2, 0.25) is 5.89 Å². The van der Waals surface area contributed by atoms with Crippen LogP contribution in [0.5, 0.6) is 0 Å². The maximum atomic E-state index is 9.43. The van der Waals surface area contributed by atoms with Crippen LogP contribution >= 0.6 is 0 Å². The fraction of sp³-hybridized carbons (Fsp3) is 0. The molecule has 3 nitrogen and oxygen atoms in total. The minimum Gasteiger partial charge on any atom is -0.436 e. The first kappa shape index (κ1) is 28.9. The summed E-state index contributed by atoms with van der Waals surface area (Å²) in [6.45, 7) is 0. The summed E-state index contributed by atoms with van der Waals surface area (Å²) in [5, 5.41) is 19.1. The van der Waals surface area contributed by atoms with E-state index in [4.69, 9.17) is 9.40 Å². The van der Waals surface area contributed by atoms with E-state index in [2.05, 4.69) is 152 Å². The van der Waals surface area contributed by atoms with E-state index in [1.54, 1.807) is 0 Å². The van der Waals surface area contributed by atoms with Gasteiger partial charge in [0.25, 0.3) is 0 Å². The van der Waals surface area contributed by atoms with Gasteiger partial charge in [-0.25, -0.2) is 4.98 Å². The van der Waals surface area contributed by atoms with Crippen LogP contribution in [0.3, 0.4) is 0 Å². The van der Waals surface area contributed by atoms with Crippen LogP contribution in [0, 0.1) is 11.3 Å². The molecule has 236 valence electrons. The molecular weight excluding hydrogens is 621 g/mol. The summed E-state index contributed by atoms with van der Waals surface area (Å²) < 4.78 is 6.63. The Kier molecular flexibility index (Phi) is 6.56. The Bertz CT molecular complexity index is 3020. The summed E-state index contributed by atoms with van der Waals surface area (Å²) in [5.74, 6) is 0.572. The molecule has 51 heavy (non-hydrogen) atoms. The summed E-state index contributed by atoms with van der Waals surface area (Å²) in [4.78, 5) is 5.19. The molecular formula is C48H28N2O. The SMILES string of the molecule is N#Cc1ccc(-c2cc(-c3cc4ccccc4c4ccccc34)c3nc(-c4ccc(-c5cc6ccccc6c6ccccc56)cc4)oc3c2)cc1. The van der Waals surface area contributed by atoms with E-state index in [9.17, 15) is 5.26 Å². The Morgan fingerprint density at radius 3 is 1.55 bits per heavy atom. The van der Waals surface area contributed by atoms with Crippen molar-refractivity contribution >= 4 is 54.2 Å². The highest BCUT2D eigenvalue weighted by atomic mass is 16.3. The zero-order valence-electron chi connectivity index (χ0n) is 27.5. The molecule has 1 aromatic heterocycles. The van der Waals surface area contributed by atoms with E-state index in [1.807, 2.05) is 24.3 Å². The number of hydrogen-bond donors (Lipinski definition) is 0. The Morgan fingerprint density at radius 2 is 0.922 bits per heavy atom. The largest absolute Gasteiger partial charge is 0.436 e. The highest BCUT2D eigenvalue weighted by molar-refractivity contribution is 6.16. The first-order chi connectivity index (χ1) is 25.2. The molecule has 9 aromatic carbocycles. The molecule has 0 saturated carbocycles. The van der Waals surface area contributed by atoms with Crippen molar-refractivity contribution in [3.63, 3.8) is 0 Å². The molecule has 10 rings (SSSR count). The number of oxazole rings is 1. The summed E-state index contributed by atoms with van der Waals surface area (Å²) in [7, 11) is 0. The highest BCUT2D eigenvalue weighted by Crippen LogP contribution is 2.42. The van der Waals surface area contributed by atoms with Gasteiger partial charge in [0.1, 0.15) is 5.52 Å². The molecule has 3 heteroatoms. The van der Waals surface area contributed by atoms with Crippen LogP contribution in [-0.4, -0.2) is 4.98 Å². The van der Waals surface area contributed by atoms with Crippen molar-refractivity contribution in [1.29, 1.82) is 5.26 Å². The van der Waals surface area contributed by atoms with E-state index < -0.39 is 0 Å². The van der Waals surface area contributed by atoms with Crippen molar-refractivity contribution < 1.29 is 4.42 Å². The van der Waals surface area contributed by atoms with Gasteiger partial charge in [-0.1, -0.05) is 121 Å². The molecule has 0 saturated heterocycles. The van der Waals surface area contributed by atoms with Crippen LogP contribution in [-0.2, 0) is 0 Å². The second-order valence-corrected chi connectivity index (χ2v) is 13.0. The monoisotopic (exact) mass is 648 g/mol. The second-order valence-electron chi connectivity index (χ2n) is 13.0. The molecule has 0 N–H and O–H groups in total. The molecule has 0 atom stereocenters. The van der Waals surface area contributed by atoms with E-state index >= 15 is 0 Å². The van der Waals surface area contributed by atoms with Gasteiger partial charge < -0.3 is 4.42 Å². The third kappa shape index (κ3) is 4.77. The number of aromatic nitrogens is 1. The predicted octanol–water partition coefficient (Wildman–Crippen LogP) is 13.0. The van der Waals surface area contributed by atoms with E-state index in [1.165, 1.54) is 43.3 Å². The summed E-state index contributed by atoms with van der Waals surface area (Å²) in [6.07, 6.45) is 0.